The Bertz CT molecular complexity index is 561. The second kappa shape index (κ2) is 5.78. The van der Waals surface area contributed by atoms with E-state index in [1.807, 2.05) is 6.07 Å². The average molecular weight is 286 g/mol. The van der Waals surface area contributed by atoms with Gasteiger partial charge >= 0.3 is 5.97 Å². The summed E-state index contributed by atoms with van der Waals surface area (Å²) in [4.78, 5) is 14.5. The second-order valence-corrected chi connectivity index (χ2v) is 4.56. The molecule has 94 valence electrons. The van der Waals surface area contributed by atoms with Gasteiger partial charge in [0.1, 0.15) is 11.7 Å². The molecule has 0 aliphatic heterocycles. The number of carboxylic acid groups (broad SMARTS) is 1. The van der Waals surface area contributed by atoms with E-state index in [-0.39, 0.29) is 6.54 Å². The van der Waals surface area contributed by atoms with Crippen molar-refractivity contribution in [3.8, 4) is 0 Å². The first-order valence-electron chi connectivity index (χ1n) is 4.87. The fraction of sp³-hybridized carbons (Fsp3) is 0.222. The van der Waals surface area contributed by atoms with Gasteiger partial charge in [0.25, 0.3) is 0 Å². The highest BCUT2D eigenvalue weighted by molar-refractivity contribution is 7.98. The Morgan fingerprint density at radius 3 is 3.11 bits per heavy atom. The normalized spacial score (nSPS) is 10.5. The van der Waals surface area contributed by atoms with Gasteiger partial charge in [-0.3, -0.25) is 4.79 Å². The molecule has 0 aliphatic carbocycles. The molecular weight excluding hydrogens is 278 g/mol. The number of hydrogen-bond donors (Lipinski definition) is 1. The average Bonchev–Trinajstić information content (AvgIpc) is 2.75. The third-order valence-electron chi connectivity index (χ3n) is 1.98. The molecule has 0 saturated carbocycles. The van der Waals surface area contributed by atoms with Crippen molar-refractivity contribution < 1.29 is 9.90 Å². The number of thioether (sulfide) groups is 1. The number of aromatic nitrogens is 5. The molecule has 2 rings (SSSR count). The minimum absolute atomic E-state index is 0.268. The van der Waals surface area contributed by atoms with Gasteiger partial charge in [-0.15, -0.1) is 5.10 Å². The highest BCUT2D eigenvalue weighted by Crippen LogP contribution is 2.23. The van der Waals surface area contributed by atoms with E-state index in [1.165, 1.54) is 16.4 Å². The molecule has 0 saturated heterocycles. The SMILES string of the molecule is O=C(O)Cn1nnnc1SCc1cccnc1Cl. The van der Waals surface area contributed by atoms with Crippen molar-refractivity contribution in [3.05, 3.63) is 29.0 Å². The molecule has 18 heavy (non-hydrogen) atoms. The van der Waals surface area contributed by atoms with Gasteiger partial charge in [-0.25, -0.2) is 9.67 Å². The summed E-state index contributed by atoms with van der Waals surface area (Å²) in [6.45, 7) is -0.268. The third-order valence-corrected chi connectivity index (χ3v) is 3.32. The van der Waals surface area contributed by atoms with Crippen molar-refractivity contribution >= 4 is 29.3 Å². The van der Waals surface area contributed by atoms with Crippen LogP contribution in [0.1, 0.15) is 5.56 Å². The van der Waals surface area contributed by atoms with Gasteiger partial charge < -0.3 is 5.11 Å². The van der Waals surface area contributed by atoms with Gasteiger partial charge in [-0.2, -0.15) is 0 Å². The number of nitrogens with zero attached hydrogens (tertiary/aromatic N) is 5. The van der Waals surface area contributed by atoms with E-state index in [9.17, 15) is 4.79 Å². The predicted molar refractivity (Wildman–Crippen MR) is 64.3 cm³/mol. The number of hydrogen-bond acceptors (Lipinski definition) is 6. The molecule has 2 heterocycles. The van der Waals surface area contributed by atoms with Crippen molar-refractivity contribution in [2.45, 2.75) is 17.5 Å². The molecule has 2 aromatic heterocycles. The summed E-state index contributed by atoms with van der Waals surface area (Å²) in [6, 6.07) is 3.62. The minimum Gasteiger partial charge on any atom is -0.480 e. The number of carbonyl (C=O) groups is 1. The molecule has 0 radical (unpaired) electrons. The zero-order valence-electron chi connectivity index (χ0n) is 9.02. The van der Waals surface area contributed by atoms with E-state index in [0.717, 1.165) is 5.56 Å². The summed E-state index contributed by atoms with van der Waals surface area (Å²) < 4.78 is 1.22. The molecule has 0 spiro atoms. The summed E-state index contributed by atoms with van der Waals surface area (Å²) in [5.74, 6) is -0.476. The topological polar surface area (TPSA) is 93.8 Å². The molecule has 0 bridgehead atoms. The van der Waals surface area contributed by atoms with Gasteiger partial charge in [0.2, 0.25) is 5.16 Å². The number of rotatable bonds is 5. The molecule has 0 unspecified atom stereocenters. The lowest BCUT2D eigenvalue weighted by molar-refractivity contribution is -0.138. The van der Waals surface area contributed by atoms with Crippen molar-refractivity contribution in [3.63, 3.8) is 0 Å². The summed E-state index contributed by atoms with van der Waals surface area (Å²) in [6.07, 6.45) is 1.60. The summed E-state index contributed by atoms with van der Waals surface area (Å²) in [5.41, 5.74) is 0.842. The highest BCUT2D eigenvalue weighted by Gasteiger charge is 2.11. The lowest BCUT2D eigenvalue weighted by Crippen LogP contribution is -2.11. The van der Waals surface area contributed by atoms with Gasteiger partial charge in [-0.1, -0.05) is 29.4 Å². The predicted octanol–water partition coefficient (Wildman–Crippen LogP) is 1.10. The standard InChI is InChI=1S/C9H8ClN5O2S/c10-8-6(2-1-3-11-8)5-18-9-12-13-14-15(9)4-7(16)17/h1-3H,4-5H2,(H,16,17). The second-order valence-electron chi connectivity index (χ2n) is 3.25. The third kappa shape index (κ3) is 3.17. The first-order chi connectivity index (χ1) is 8.66. The first kappa shape index (κ1) is 12.8. The number of tetrazole rings is 1. The lowest BCUT2D eigenvalue weighted by atomic mass is 10.3. The summed E-state index contributed by atoms with van der Waals surface area (Å²) >= 11 is 7.21. The van der Waals surface area contributed by atoms with Crippen molar-refractivity contribution in [1.29, 1.82) is 0 Å². The van der Waals surface area contributed by atoms with Gasteiger partial charge in [-0.05, 0) is 22.1 Å². The van der Waals surface area contributed by atoms with Crippen LogP contribution in [0.3, 0.4) is 0 Å². The molecule has 2 aromatic rings. The van der Waals surface area contributed by atoms with Crippen molar-refractivity contribution in [1.82, 2.24) is 25.2 Å². The number of aliphatic carboxylic acids is 1. The van der Waals surface area contributed by atoms with Crippen LogP contribution < -0.4 is 0 Å². The van der Waals surface area contributed by atoms with E-state index >= 15 is 0 Å². The zero-order chi connectivity index (χ0) is 13.0. The Hall–Kier alpha value is -1.67. The molecule has 9 heteroatoms. The Morgan fingerprint density at radius 1 is 1.56 bits per heavy atom. The van der Waals surface area contributed by atoms with E-state index in [1.54, 1.807) is 12.3 Å². The Morgan fingerprint density at radius 2 is 2.39 bits per heavy atom. The maximum atomic E-state index is 10.6. The Kier molecular flexibility index (Phi) is 4.11. The van der Waals surface area contributed by atoms with E-state index in [0.29, 0.717) is 16.1 Å². The van der Waals surface area contributed by atoms with Crippen molar-refractivity contribution in [2.24, 2.45) is 0 Å². The maximum Gasteiger partial charge on any atom is 0.325 e. The maximum absolute atomic E-state index is 10.6. The fourth-order valence-corrected chi connectivity index (χ4v) is 2.32. The van der Waals surface area contributed by atoms with Gasteiger partial charge in [0.15, 0.2) is 0 Å². The van der Waals surface area contributed by atoms with Crippen LogP contribution >= 0.6 is 23.4 Å². The van der Waals surface area contributed by atoms with E-state index < -0.39 is 5.97 Å². The molecule has 1 N–H and O–H groups in total. The van der Waals surface area contributed by atoms with Crippen LogP contribution in [0.2, 0.25) is 5.15 Å². The first-order valence-corrected chi connectivity index (χ1v) is 6.23. The van der Waals surface area contributed by atoms with Gasteiger partial charge in [0.05, 0.1) is 0 Å². The minimum atomic E-state index is -0.997. The summed E-state index contributed by atoms with van der Waals surface area (Å²) in [5, 5.41) is 20.3. The van der Waals surface area contributed by atoms with Crippen LogP contribution in [0.5, 0.6) is 0 Å². The van der Waals surface area contributed by atoms with Crippen LogP contribution in [0, 0.1) is 0 Å². The molecule has 0 fully saturated rings. The zero-order valence-corrected chi connectivity index (χ0v) is 10.6. The monoisotopic (exact) mass is 285 g/mol. The summed E-state index contributed by atoms with van der Waals surface area (Å²) in [7, 11) is 0. The molecule has 7 nitrogen and oxygen atoms in total. The van der Waals surface area contributed by atoms with Crippen LogP contribution in [-0.4, -0.2) is 36.3 Å². The van der Waals surface area contributed by atoms with Gasteiger partial charge in [0, 0.05) is 11.9 Å². The van der Waals surface area contributed by atoms with Crippen LogP contribution in [0.25, 0.3) is 0 Å². The van der Waals surface area contributed by atoms with E-state index in [2.05, 4.69) is 20.5 Å². The number of carboxylic acids is 1. The van der Waals surface area contributed by atoms with Crippen LogP contribution in [0.15, 0.2) is 23.5 Å². The smallest absolute Gasteiger partial charge is 0.325 e. The Labute approximate surface area is 111 Å². The van der Waals surface area contributed by atoms with Crippen LogP contribution in [0.4, 0.5) is 0 Å². The molecule has 0 aromatic carbocycles. The van der Waals surface area contributed by atoms with Crippen LogP contribution in [-0.2, 0) is 17.1 Å². The molecular formula is C9H8ClN5O2S. The number of halogens is 1. The molecule has 0 aliphatic rings. The fourth-order valence-electron chi connectivity index (χ4n) is 1.20. The largest absolute Gasteiger partial charge is 0.480 e. The van der Waals surface area contributed by atoms with Crippen molar-refractivity contribution in [2.75, 3.05) is 0 Å². The number of pyridine rings is 1. The molecule has 0 amide bonds. The van der Waals surface area contributed by atoms with E-state index in [4.69, 9.17) is 16.7 Å². The highest BCUT2D eigenvalue weighted by atomic mass is 35.5. The lowest BCUT2D eigenvalue weighted by Gasteiger charge is -2.02. The molecule has 0 atom stereocenters. The quantitative estimate of drug-likeness (QED) is 0.649. The Balaban J connectivity index is 2.05.